The molecule has 4 nitrogen and oxygen atoms in total. The van der Waals surface area contributed by atoms with Crippen LogP contribution < -0.4 is 5.32 Å². The van der Waals surface area contributed by atoms with Crippen molar-refractivity contribution in [3.05, 3.63) is 106 Å². The van der Waals surface area contributed by atoms with E-state index in [-0.39, 0.29) is 24.3 Å². The molecule has 2 amide bonds. The topological polar surface area (TPSA) is 49.4 Å². The average Bonchev–Trinajstić information content (AvgIpc) is 2.92. The molecule has 1 saturated carbocycles. The lowest BCUT2D eigenvalue weighted by Crippen LogP contribution is -2.53. The fourth-order valence-corrected chi connectivity index (χ4v) is 5.39. The lowest BCUT2D eigenvalue weighted by atomic mass is 9.94. The van der Waals surface area contributed by atoms with Crippen LogP contribution in [0.25, 0.3) is 0 Å². The highest BCUT2D eigenvalue weighted by Crippen LogP contribution is 2.22. The van der Waals surface area contributed by atoms with Gasteiger partial charge in [-0.3, -0.25) is 9.59 Å². The van der Waals surface area contributed by atoms with Gasteiger partial charge in [-0.25, -0.2) is 0 Å². The summed E-state index contributed by atoms with van der Waals surface area (Å²) < 4.78 is 0. The third-order valence-corrected chi connectivity index (χ3v) is 7.76. The number of amides is 2. The van der Waals surface area contributed by atoms with Crippen molar-refractivity contribution >= 4 is 23.4 Å². The molecular weight excluding hydrogens is 480 g/mol. The molecule has 1 aliphatic carbocycles. The van der Waals surface area contributed by atoms with Gasteiger partial charge in [0, 0.05) is 30.5 Å². The van der Waals surface area contributed by atoms with Gasteiger partial charge in [0.25, 0.3) is 0 Å². The van der Waals surface area contributed by atoms with Crippen molar-refractivity contribution in [2.45, 2.75) is 76.9 Å². The molecule has 4 rings (SSSR count). The first-order valence-corrected chi connectivity index (χ1v) is 13.8. The van der Waals surface area contributed by atoms with Gasteiger partial charge in [0.15, 0.2) is 0 Å². The summed E-state index contributed by atoms with van der Waals surface area (Å²) in [6.45, 7) is 2.44. The van der Waals surface area contributed by atoms with Crippen molar-refractivity contribution in [1.82, 2.24) is 10.2 Å². The van der Waals surface area contributed by atoms with Crippen LogP contribution in [0.1, 0.15) is 60.8 Å². The zero-order chi connectivity index (χ0) is 26.0. The molecule has 1 aliphatic rings. The Bertz CT molecular complexity index is 1170. The highest BCUT2D eigenvalue weighted by atomic mass is 35.5. The first-order chi connectivity index (χ1) is 18.0. The van der Waals surface area contributed by atoms with E-state index in [0.29, 0.717) is 24.4 Å². The number of carbonyl (C=O) groups excluding carboxylic acids is 2. The fraction of sp³-hybridized carbons (Fsp3) is 0.375. The predicted molar refractivity (Wildman–Crippen MR) is 150 cm³/mol. The Balaban J connectivity index is 1.62. The molecule has 1 fully saturated rings. The number of hydrogen-bond donors (Lipinski definition) is 1. The maximum absolute atomic E-state index is 13.9. The van der Waals surface area contributed by atoms with Crippen LogP contribution >= 0.6 is 11.6 Å². The third kappa shape index (κ3) is 7.69. The van der Waals surface area contributed by atoms with Gasteiger partial charge in [0.2, 0.25) is 11.8 Å². The van der Waals surface area contributed by atoms with Crippen LogP contribution in [0.2, 0.25) is 5.02 Å². The Morgan fingerprint density at radius 1 is 0.892 bits per heavy atom. The fourth-order valence-electron chi connectivity index (χ4n) is 5.16. The van der Waals surface area contributed by atoms with E-state index in [9.17, 15) is 9.59 Å². The molecule has 0 aromatic heterocycles. The second-order valence-corrected chi connectivity index (χ2v) is 10.5. The van der Waals surface area contributed by atoms with Crippen molar-refractivity contribution in [2.24, 2.45) is 0 Å². The molecule has 37 heavy (non-hydrogen) atoms. The van der Waals surface area contributed by atoms with Gasteiger partial charge in [-0.05, 0) is 54.5 Å². The maximum Gasteiger partial charge on any atom is 0.243 e. The summed E-state index contributed by atoms with van der Waals surface area (Å²) in [5.41, 5.74) is 4.15. The minimum absolute atomic E-state index is 0.0390. The van der Waals surface area contributed by atoms with Crippen molar-refractivity contribution in [2.75, 3.05) is 0 Å². The van der Waals surface area contributed by atoms with Gasteiger partial charge in [0.1, 0.15) is 6.04 Å². The van der Waals surface area contributed by atoms with Gasteiger partial charge in [-0.1, -0.05) is 104 Å². The van der Waals surface area contributed by atoms with E-state index in [4.69, 9.17) is 11.6 Å². The number of aryl methyl sites for hydroxylation is 2. The molecular formula is C32H37ClN2O2. The minimum Gasteiger partial charge on any atom is -0.352 e. The zero-order valence-corrected chi connectivity index (χ0v) is 22.4. The lowest BCUT2D eigenvalue weighted by molar-refractivity contribution is -0.141. The average molecular weight is 517 g/mol. The number of halogens is 1. The highest BCUT2D eigenvalue weighted by molar-refractivity contribution is 6.31. The smallest absolute Gasteiger partial charge is 0.243 e. The second kappa shape index (κ2) is 13.4. The number of benzene rings is 3. The van der Waals surface area contributed by atoms with Crippen molar-refractivity contribution in [1.29, 1.82) is 0 Å². The van der Waals surface area contributed by atoms with E-state index < -0.39 is 6.04 Å². The molecule has 0 radical (unpaired) electrons. The van der Waals surface area contributed by atoms with Gasteiger partial charge in [-0.15, -0.1) is 0 Å². The maximum atomic E-state index is 13.9. The number of nitrogens with one attached hydrogen (secondary N) is 1. The molecule has 0 unspecified atom stereocenters. The summed E-state index contributed by atoms with van der Waals surface area (Å²) >= 11 is 6.38. The Labute approximate surface area is 226 Å². The zero-order valence-electron chi connectivity index (χ0n) is 21.7. The van der Waals surface area contributed by atoms with Gasteiger partial charge >= 0.3 is 0 Å². The van der Waals surface area contributed by atoms with Crippen LogP contribution in [0.15, 0.2) is 78.9 Å². The van der Waals surface area contributed by atoms with Crippen LogP contribution in [-0.4, -0.2) is 28.8 Å². The largest absolute Gasteiger partial charge is 0.352 e. The molecule has 5 heteroatoms. The summed E-state index contributed by atoms with van der Waals surface area (Å²) in [5, 5.41) is 3.97. The van der Waals surface area contributed by atoms with Crippen LogP contribution in [0, 0.1) is 6.92 Å². The van der Waals surface area contributed by atoms with E-state index >= 15 is 0 Å². The number of nitrogens with zero attached hydrogens (tertiary/aromatic N) is 1. The monoisotopic (exact) mass is 516 g/mol. The van der Waals surface area contributed by atoms with Crippen molar-refractivity contribution in [3.63, 3.8) is 0 Å². The lowest BCUT2D eigenvalue weighted by Gasteiger charge is -2.34. The second-order valence-electron chi connectivity index (χ2n) is 10.1. The van der Waals surface area contributed by atoms with Crippen LogP contribution in [-0.2, 0) is 29.0 Å². The van der Waals surface area contributed by atoms with Crippen molar-refractivity contribution < 1.29 is 9.59 Å². The summed E-state index contributed by atoms with van der Waals surface area (Å²) in [6, 6.07) is 25.3. The Hall–Kier alpha value is -3.11. The summed E-state index contributed by atoms with van der Waals surface area (Å²) in [4.78, 5) is 29.5. The van der Waals surface area contributed by atoms with Crippen LogP contribution in [0.5, 0.6) is 0 Å². The van der Waals surface area contributed by atoms with Gasteiger partial charge in [0.05, 0.1) is 0 Å². The molecule has 1 N–H and O–H groups in total. The Morgan fingerprint density at radius 2 is 1.54 bits per heavy atom. The molecule has 194 valence electrons. The predicted octanol–water partition coefficient (Wildman–Crippen LogP) is 6.67. The van der Waals surface area contributed by atoms with Crippen molar-refractivity contribution in [3.8, 4) is 0 Å². The Kier molecular flexibility index (Phi) is 9.78. The number of rotatable bonds is 10. The van der Waals surface area contributed by atoms with E-state index in [1.54, 1.807) is 4.90 Å². The molecule has 0 heterocycles. The normalized spacial score (nSPS) is 14.6. The molecule has 3 aromatic carbocycles. The minimum atomic E-state index is -0.595. The number of hydrogen-bond acceptors (Lipinski definition) is 2. The van der Waals surface area contributed by atoms with E-state index in [1.165, 1.54) is 6.42 Å². The van der Waals surface area contributed by atoms with E-state index in [2.05, 4.69) is 18.3 Å². The van der Waals surface area contributed by atoms with Gasteiger partial charge < -0.3 is 10.2 Å². The first-order valence-electron chi connectivity index (χ1n) is 13.4. The highest BCUT2D eigenvalue weighted by Gasteiger charge is 2.32. The molecule has 0 spiro atoms. The molecule has 0 bridgehead atoms. The standard InChI is InChI=1S/C32H37ClN2O2/c1-24-12-8-9-16-27(24)23-35(31(36)21-20-26-15-10-11-19-29(26)33)30(22-25-13-4-2-5-14-25)32(37)34-28-17-6-3-7-18-28/h2,4-5,8-16,19,28,30H,3,6-7,17-18,20-23H2,1H3,(H,34,37)/t30-/m0/s1. The summed E-state index contributed by atoms with van der Waals surface area (Å²) in [7, 11) is 0. The van der Waals surface area contributed by atoms with E-state index in [0.717, 1.165) is 47.9 Å². The molecule has 0 saturated heterocycles. The van der Waals surface area contributed by atoms with Crippen LogP contribution in [0.4, 0.5) is 0 Å². The van der Waals surface area contributed by atoms with E-state index in [1.807, 2.05) is 72.8 Å². The SMILES string of the molecule is Cc1ccccc1CN(C(=O)CCc1ccccc1Cl)[C@@H](Cc1ccccc1)C(=O)NC1CCCCC1. The summed E-state index contributed by atoms with van der Waals surface area (Å²) in [5.74, 6) is -0.0988. The molecule has 0 aliphatic heterocycles. The molecule has 1 atom stereocenters. The Morgan fingerprint density at radius 3 is 2.24 bits per heavy atom. The third-order valence-electron chi connectivity index (χ3n) is 7.39. The molecule has 3 aromatic rings. The van der Waals surface area contributed by atoms with Gasteiger partial charge in [-0.2, -0.15) is 0 Å². The number of carbonyl (C=O) groups is 2. The van der Waals surface area contributed by atoms with Crippen LogP contribution in [0.3, 0.4) is 0 Å². The summed E-state index contributed by atoms with van der Waals surface area (Å²) in [6.07, 6.45) is 6.80. The first kappa shape index (κ1) is 26.9. The quantitative estimate of drug-likeness (QED) is 0.327.